The minimum atomic E-state index is -3.67. The van der Waals surface area contributed by atoms with Crippen LogP contribution in [0.1, 0.15) is 26.3 Å². The van der Waals surface area contributed by atoms with Gasteiger partial charge in [-0.3, -0.25) is 9.46 Å². The van der Waals surface area contributed by atoms with E-state index in [-0.39, 0.29) is 12.0 Å². The van der Waals surface area contributed by atoms with Crippen LogP contribution in [0.2, 0.25) is 0 Å². The summed E-state index contributed by atoms with van der Waals surface area (Å²) in [4.78, 5) is 11.9. The summed E-state index contributed by atoms with van der Waals surface area (Å²) in [5.41, 5.74) is 1.07. The third-order valence-electron chi connectivity index (χ3n) is 4.09. The van der Waals surface area contributed by atoms with Gasteiger partial charge in [-0.2, -0.15) is 0 Å². The van der Waals surface area contributed by atoms with Crippen molar-refractivity contribution in [2.75, 3.05) is 12.9 Å². The molecule has 1 fully saturated rings. The molecule has 1 saturated heterocycles. The molecular weight excluding hydrogens is 391 g/mol. The van der Waals surface area contributed by atoms with E-state index in [0.29, 0.717) is 10.1 Å². The lowest BCUT2D eigenvalue weighted by atomic mass is 10.1. The number of methoxy groups -OCH3 is 1. The van der Waals surface area contributed by atoms with Crippen LogP contribution in [0.25, 0.3) is 0 Å². The molecule has 1 aromatic carbocycles. The number of esters is 1. The van der Waals surface area contributed by atoms with Crippen molar-refractivity contribution in [2.45, 2.75) is 39.8 Å². The van der Waals surface area contributed by atoms with E-state index in [1.165, 1.54) is 18.9 Å². The molecule has 0 aromatic heterocycles. The van der Waals surface area contributed by atoms with E-state index in [1.807, 2.05) is 32.9 Å². The van der Waals surface area contributed by atoms with E-state index in [1.54, 1.807) is 23.7 Å². The van der Waals surface area contributed by atoms with Gasteiger partial charge in [0.1, 0.15) is 16.1 Å². The number of ether oxygens (including phenoxy) is 1. The van der Waals surface area contributed by atoms with Crippen LogP contribution in [0.4, 0.5) is 0 Å². The standard InChI is InChI=1S/C17H25N2O4PS2/c1-11(2)15-10-26-17(25)19(15)24(21,18-13(4)16(20)22-5)23-14-8-6-12(3)7-9-14/h6-9,11,13,15H,10H2,1-5H3,(H,18,21)/t13-,15+,24+/m0/s1. The Hall–Kier alpha value is -1.08. The van der Waals surface area contributed by atoms with E-state index in [0.717, 1.165) is 11.3 Å². The first-order valence-electron chi connectivity index (χ1n) is 8.36. The summed E-state index contributed by atoms with van der Waals surface area (Å²) < 4.78 is 26.7. The van der Waals surface area contributed by atoms with Crippen LogP contribution >= 0.6 is 31.7 Å². The summed E-state index contributed by atoms with van der Waals surface area (Å²) in [5.74, 6) is 0.877. The number of rotatable bonds is 7. The van der Waals surface area contributed by atoms with Gasteiger partial charge in [0.15, 0.2) is 0 Å². The van der Waals surface area contributed by atoms with Crippen molar-refractivity contribution >= 4 is 41.9 Å². The predicted octanol–water partition coefficient (Wildman–Crippen LogP) is 3.99. The minimum Gasteiger partial charge on any atom is -0.468 e. The molecule has 0 unspecified atom stereocenters. The zero-order valence-electron chi connectivity index (χ0n) is 15.6. The molecular formula is C17H25N2O4PS2. The zero-order chi connectivity index (χ0) is 19.5. The molecule has 2 rings (SSSR count). The highest BCUT2D eigenvalue weighted by molar-refractivity contribution is 8.23. The molecule has 144 valence electrons. The maximum absolute atomic E-state index is 13.9. The molecule has 1 N–H and O–H groups in total. The van der Waals surface area contributed by atoms with Crippen LogP contribution in [0.5, 0.6) is 5.75 Å². The van der Waals surface area contributed by atoms with Crippen molar-refractivity contribution < 1.29 is 18.6 Å². The average molecular weight is 417 g/mol. The fourth-order valence-electron chi connectivity index (χ4n) is 2.56. The van der Waals surface area contributed by atoms with Crippen molar-refractivity contribution in [2.24, 2.45) is 5.92 Å². The van der Waals surface area contributed by atoms with Gasteiger partial charge in [-0.15, -0.1) is 0 Å². The topological polar surface area (TPSA) is 67.9 Å². The predicted molar refractivity (Wildman–Crippen MR) is 110 cm³/mol. The van der Waals surface area contributed by atoms with Gasteiger partial charge in [0.05, 0.1) is 13.2 Å². The largest absolute Gasteiger partial charge is 0.468 e. The first kappa shape index (κ1) is 21.2. The quantitative estimate of drug-likeness (QED) is 0.407. The molecule has 9 heteroatoms. The van der Waals surface area contributed by atoms with E-state index in [4.69, 9.17) is 21.5 Å². The van der Waals surface area contributed by atoms with Crippen LogP contribution in [-0.2, 0) is 14.1 Å². The molecule has 0 amide bonds. The molecule has 26 heavy (non-hydrogen) atoms. The Morgan fingerprint density at radius 3 is 2.50 bits per heavy atom. The highest BCUT2D eigenvalue weighted by Crippen LogP contribution is 2.54. The van der Waals surface area contributed by atoms with Gasteiger partial charge in [-0.05, 0) is 31.9 Å². The summed E-state index contributed by atoms with van der Waals surface area (Å²) in [6.45, 7) is 7.65. The Kier molecular flexibility index (Phi) is 7.13. The summed E-state index contributed by atoms with van der Waals surface area (Å²) in [7, 11) is -2.38. The van der Waals surface area contributed by atoms with Crippen molar-refractivity contribution in [3.8, 4) is 5.75 Å². The lowest BCUT2D eigenvalue weighted by Crippen LogP contribution is -2.44. The van der Waals surface area contributed by atoms with Gasteiger partial charge < -0.3 is 9.26 Å². The van der Waals surface area contributed by atoms with Gasteiger partial charge in [0.2, 0.25) is 0 Å². The van der Waals surface area contributed by atoms with Crippen molar-refractivity contribution in [1.82, 2.24) is 9.76 Å². The van der Waals surface area contributed by atoms with Crippen LogP contribution in [0.3, 0.4) is 0 Å². The summed E-state index contributed by atoms with van der Waals surface area (Å²) in [6.07, 6.45) is 0. The van der Waals surface area contributed by atoms with Crippen LogP contribution in [0.15, 0.2) is 24.3 Å². The second-order valence-electron chi connectivity index (χ2n) is 6.53. The van der Waals surface area contributed by atoms with E-state index < -0.39 is 19.7 Å². The second kappa shape index (κ2) is 8.74. The lowest BCUT2D eigenvalue weighted by Gasteiger charge is -2.35. The Morgan fingerprint density at radius 1 is 1.35 bits per heavy atom. The highest BCUT2D eigenvalue weighted by Gasteiger charge is 2.47. The summed E-state index contributed by atoms with van der Waals surface area (Å²) >= 11 is 6.92. The highest BCUT2D eigenvalue weighted by atomic mass is 32.2. The van der Waals surface area contributed by atoms with Crippen LogP contribution in [-0.4, -0.2) is 39.9 Å². The number of hydrogen-bond donors (Lipinski definition) is 1. The zero-order valence-corrected chi connectivity index (χ0v) is 18.1. The summed E-state index contributed by atoms with van der Waals surface area (Å²) in [6, 6.07) is 6.39. The number of aryl methyl sites for hydroxylation is 1. The first-order chi connectivity index (χ1) is 12.2. The van der Waals surface area contributed by atoms with Gasteiger partial charge >= 0.3 is 13.6 Å². The first-order valence-corrected chi connectivity index (χ1v) is 11.3. The summed E-state index contributed by atoms with van der Waals surface area (Å²) in [5, 5.41) is 2.85. The Bertz CT molecular complexity index is 711. The lowest BCUT2D eigenvalue weighted by molar-refractivity contribution is -0.142. The SMILES string of the molecule is COC(=O)[C@H](C)N[P@@](=O)(Oc1ccc(C)cc1)N1C(=S)SC[C@@H]1C(C)C. The third-order valence-corrected chi connectivity index (χ3v) is 8.10. The van der Waals surface area contributed by atoms with Crippen LogP contribution < -0.4 is 9.61 Å². The molecule has 0 saturated carbocycles. The number of nitrogens with one attached hydrogen (secondary N) is 1. The molecule has 0 bridgehead atoms. The van der Waals surface area contributed by atoms with Gasteiger partial charge in [0.25, 0.3) is 0 Å². The van der Waals surface area contributed by atoms with Crippen molar-refractivity contribution in [1.29, 1.82) is 0 Å². The van der Waals surface area contributed by atoms with Crippen LogP contribution in [0, 0.1) is 12.8 Å². The van der Waals surface area contributed by atoms with Crippen molar-refractivity contribution in [3.05, 3.63) is 29.8 Å². The van der Waals surface area contributed by atoms with Gasteiger partial charge in [-0.1, -0.05) is 55.5 Å². The molecule has 0 aliphatic carbocycles. The average Bonchev–Trinajstić information content (AvgIpc) is 2.98. The number of benzene rings is 1. The molecule has 1 heterocycles. The molecule has 1 aliphatic rings. The number of thioether (sulfide) groups is 1. The number of carbonyl (C=O) groups is 1. The smallest absolute Gasteiger partial charge is 0.421 e. The fourth-order valence-corrected chi connectivity index (χ4v) is 7.16. The van der Waals surface area contributed by atoms with E-state index in [9.17, 15) is 9.36 Å². The minimum absolute atomic E-state index is 0.0545. The Labute approximate surface area is 164 Å². The van der Waals surface area contributed by atoms with E-state index in [2.05, 4.69) is 5.09 Å². The molecule has 0 spiro atoms. The maximum atomic E-state index is 13.9. The molecule has 3 atom stereocenters. The van der Waals surface area contributed by atoms with Crippen molar-refractivity contribution in [3.63, 3.8) is 0 Å². The second-order valence-corrected chi connectivity index (χ2v) is 10.1. The van der Waals surface area contributed by atoms with Gasteiger partial charge in [0, 0.05) is 5.75 Å². The molecule has 1 aromatic rings. The monoisotopic (exact) mass is 416 g/mol. The number of hydrogen-bond acceptors (Lipinski definition) is 6. The number of nitrogens with zero attached hydrogens (tertiary/aromatic N) is 1. The molecule has 1 aliphatic heterocycles. The molecule has 6 nitrogen and oxygen atoms in total. The normalized spacial score (nSPS) is 20.8. The Morgan fingerprint density at radius 2 is 1.96 bits per heavy atom. The number of carbonyl (C=O) groups excluding carboxylic acids is 1. The molecule has 0 radical (unpaired) electrons. The third kappa shape index (κ3) is 4.80. The number of thiocarbonyl (C=S) groups is 1. The van der Waals surface area contributed by atoms with E-state index >= 15 is 0 Å². The fraction of sp³-hybridized carbons (Fsp3) is 0.529. The Balaban J connectivity index is 2.39. The van der Waals surface area contributed by atoms with Gasteiger partial charge in [-0.25, -0.2) is 9.65 Å². The maximum Gasteiger partial charge on any atom is 0.421 e.